The van der Waals surface area contributed by atoms with Crippen molar-refractivity contribution in [3.05, 3.63) is 89.7 Å². The zero-order valence-electron chi connectivity index (χ0n) is 16.3. The first-order valence-corrected chi connectivity index (χ1v) is 9.27. The summed E-state index contributed by atoms with van der Waals surface area (Å²) in [6.07, 6.45) is 1.84. The van der Waals surface area contributed by atoms with Crippen LogP contribution in [0.2, 0.25) is 0 Å². The smallest absolute Gasteiger partial charge is 0.294 e. The van der Waals surface area contributed by atoms with E-state index in [0.717, 1.165) is 22.5 Å². The van der Waals surface area contributed by atoms with E-state index in [2.05, 4.69) is 11.4 Å². The van der Waals surface area contributed by atoms with Crippen LogP contribution in [0.15, 0.2) is 72.9 Å². The molecular formula is C23H22IN3O2. The molecule has 148 valence electrons. The minimum Gasteiger partial charge on any atom is -1.00 e. The quantitative estimate of drug-likeness (QED) is 0.417. The number of halogens is 1. The van der Waals surface area contributed by atoms with Crippen LogP contribution in [0, 0.1) is 13.8 Å². The molecular weight excluding hydrogens is 477 g/mol. The van der Waals surface area contributed by atoms with Crippen molar-refractivity contribution in [2.75, 3.05) is 10.2 Å². The number of nitrogens with one attached hydrogen (secondary N) is 1. The van der Waals surface area contributed by atoms with Gasteiger partial charge in [0.1, 0.15) is 0 Å². The van der Waals surface area contributed by atoms with Gasteiger partial charge in [0.2, 0.25) is 18.3 Å². The van der Waals surface area contributed by atoms with Crippen molar-refractivity contribution in [3.8, 4) is 0 Å². The summed E-state index contributed by atoms with van der Waals surface area (Å²) < 4.78 is 1.84. The molecule has 0 radical (unpaired) electrons. The summed E-state index contributed by atoms with van der Waals surface area (Å²) in [4.78, 5) is 28.0. The maximum absolute atomic E-state index is 13.3. The first-order chi connectivity index (χ1) is 13.5. The minimum atomic E-state index is -0.746. The van der Waals surface area contributed by atoms with E-state index in [1.54, 1.807) is 4.90 Å². The molecule has 5 nitrogen and oxygen atoms in total. The molecule has 6 heteroatoms. The summed E-state index contributed by atoms with van der Waals surface area (Å²) in [5, 5.41) is 2.96. The maximum atomic E-state index is 13.3. The first kappa shape index (κ1) is 21.0. The van der Waals surface area contributed by atoms with Crippen molar-refractivity contribution in [2.45, 2.75) is 26.4 Å². The number of anilines is 2. The second-order valence-electron chi connectivity index (χ2n) is 7.12. The number of para-hydroxylation sites is 1. The molecule has 1 atom stereocenters. The summed E-state index contributed by atoms with van der Waals surface area (Å²) in [6, 6.07) is 20.2. The first-order valence-electron chi connectivity index (χ1n) is 9.27. The van der Waals surface area contributed by atoms with Crippen molar-refractivity contribution >= 4 is 23.2 Å². The van der Waals surface area contributed by atoms with Gasteiger partial charge in [-0.05, 0) is 49.2 Å². The maximum Gasteiger partial charge on any atom is 0.294 e. The van der Waals surface area contributed by atoms with E-state index < -0.39 is 6.04 Å². The van der Waals surface area contributed by atoms with Crippen molar-refractivity contribution in [3.63, 3.8) is 0 Å². The average Bonchev–Trinajstić information content (AvgIpc) is 2.66. The van der Waals surface area contributed by atoms with E-state index in [1.807, 2.05) is 85.3 Å². The average molecular weight is 499 g/mol. The molecule has 1 unspecified atom stereocenters. The molecule has 1 N–H and O–H groups in total. The number of aromatic nitrogens is 1. The molecule has 2 aromatic carbocycles. The second-order valence-corrected chi connectivity index (χ2v) is 7.12. The Morgan fingerprint density at radius 1 is 1.00 bits per heavy atom. The van der Waals surface area contributed by atoms with E-state index in [0.29, 0.717) is 5.69 Å². The number of benzene rings is 2. The third-order valence-corrected chi connectivity index (χ3v) is 4.86. The molecule has 2 heterocycles. The lowest BCUT2D eigenvalue weighted by Crippen LogP contribution is -3.00. The highest BCUT2D eigenvalue weighted by Crippen LogP contribution is 2.31. The number of fused-ring (bicyclic) bond motifs is 1. The van der Waals surface area contributed by atoms with Gasteiger partial charge >= 0.3 is 0 Å². The summed E-state index contributed by atoms with van der Waals surface area (Å²) in [5.41, 5.74) is 4.34. The summed E-state index contributed by atoms with van der Waals surface area (Å²) in [6.45, 7) is 4.19. The standard InChI is InChI=1S/C23H21N3O2.HI/c1-16-12-17(2)14-19(13-16)26-21(27)15-25-11-7-6-10-20(25)22(26)23(28)24-18-8-4-3-5-9-18;/h3-14,22H,15H2,1-2H3;1H. The van der Waals surface area contributed by atoms with Crippen molar-refractivity contribution < 1.29 is 38.1 Å². The van der Waals surface area contributed by atoms with Crippen LogP contribution in [0.25, 0.3) is 0 Å². The molecule has 0 bridgehead atoms. The lowest BCUT2D eigenvalue weighted by atomic mass is 10.0. The van der Waals surface area contributed by atoms with Gasteiger partial charge in [0.05, 0.1) is 0 Å². The largest absolute Gasteiger partial charge is 1.00 e. The molecule has 1 aliphatic rings. The normalized spacial score (nSPS) is 15.3. The molecule has 1 aliphatic heterocycles. The third-order valence-electron chi connectivity index (χ3n) is 4.86. The van der Waals surface area contributed by atoms with Crippen LogP contribution in [0.5, 0.6) is 0 Å². The van der Waals surface area contributed by atoms with Gasteiger partial charge in [-0.1, -0.05) is 30.3 Å². The van der Waals surface area contributed by atoms with Gasteiger partial charge in [-0.25, -0.2) is 0 Å². The van der Waals surface area contributed by atoms with E-state index in [-0.39, 0.29) is 42.3 Å². The number of nitrogens with zero attached hydrogens (tertiary/aromatic N) is 2. The molecule has 2 amide bonds. The van der Waals surface area contributed by atoms with Gasteiger partial charge in [-0.15, -0.1) is 0 Å². The molecule has 29 heavy (non-hydrogen) atoms. The lowest BCUT2D eigenvalue weighted by Gasteiger charge is -2.32. The summed E-state index contributed by atoms with van der Waals surface area (Å²) >= 11 is 0. The Kier molecular flexibility index (Phi) is 6.32. The van der Waals surface area contributed by atoms with Gasteiger partial charge in [0, 0.05) is 23.5 Å². The second kappa shape index (κ2) is 8.73. The van der Waals surface area contributed by atoms with E-state index in [4.69, 9.17) is 0 Å². The van der Waals surface area contributed by atoms with Crippen LogP contribution in [0.4, 0.5) is 11.4 Å². The van der Waals surface area contributed by atoms with E-state index >= 15 is 0 Å². The number of carbonyl (C=O) groups is 2. The summed E-state index contributed by atoms with van der Waals surface area (Å²) in [7, 11) is 0. The van der Waals surface area contributed by atoms with Crippen LogP contribution >= 0.6 is 0 Å². The molecule has 0 fully saturated rings. The van der Waals surface area contributed by atoms with E-state index in [1.165, 1.54) is 0 Å². The fraction of sp³-hybridized carbons (Fsp3) is 0.174. The SMILES string of the molecule is Cc1cc(C)cc(N2C(=O)C[n+]3ccccc3C2C(=O)Nc2ccccc2)c1.[I-]. The summed E-state index contributed by atoms with van der Waals surface area (Å²) in [5.74, 6) is -0.347. The van der Waals surface area contributed by atoms with Gasteiger partial charge in [-0.3, -0.25) is 14.5 Å². The molecule has 0 saturated carbocycles. The van der Waals surface area contributed by atoms with Crippen LogP contribution in [-0.4, -0.2) is 11.8 Å². The molecule has 1 aromatic heterocycles. The highest BCUT2D eigenvalue weighted by Gasteiger charge is 2.43. The van der Waals surface area contributed by atoms with Crippen LogP contribution in [0.3, 0.4) is 0 Å². The Morgan fingerprint density at radius 3 is 2.34 bits per heavy atom. The van der Waals surface area contributed by atoms with Crippen molar-refractivity contribution in [1.29, 1.82) is 0 Å². The fourth-order valence-electron chi connectivity index (χ4n) is 3.75. The molecule has 3 aromatic rings. The topological polar surface area (TPSA) is 53.3 Å². The van der Waals surface area contributed by atoms with Crippen LogP contribution < -0.4 is 38.8 Å². The Morgan fingerprint density at radius 2 is 1.66 bits per heavy atom. The van der Waals surface area contributed by atoms with Gasteiger partial charge < -0.3 is 29.3 Å². The molecule has 0 saturated heterocycles. The Bertz CT molecular complexity index is 1030. The molecule has 4 rings (SSSR count). The number of hydrogen-bond acceptors (Lipinski definition) is 2. The van der Waals surface area contributed by atoms with Crippen LogP contribution in [0.1, 0.15) is 22.9 Å². The van der Waals surface area contributed by atoms with Gasteiger partial charge in [0.25, 0.3) is 11.8 Å². The molecule has 0 aliphatic carbocycles. The molecule has 0 spiro atoms. The third kappa shape index (κ3) is 4.32. The predicted molar refractivity (Wildman–Crippen MR) is 108 cm³/mol. The predicted octanol–water partition coefficient (Wildman–Crippen LogP) is 0.322. The Balaban J connectivity index is 0.00000240. The van der Waals surface area contributed by atoms with Crippen molar-refractivity contribution in [2.24, 2.45) is 0 Å². The minimum absolute atomic E-state index is 0. The number of hydrogen-bond donors (Lipinski definition) is 1. The number of aryl methyl sites for hydroxylation is 2. The zero-order valence-corrected chi connectivity index (χ0v) is 18.5. The highest BCUT2D eigenvalue weighted by molar-refractivity contribution is 6.05. The van der Waals surface area contributed by atoms with Gasteiger partial charge in [-0.2, -0.15) is 4.57 Å². The fourth-order valence-corrected chi connectivity index (χ4v) is 3.75. The monoisotopic (exact) mass is 499 g/mol. The number of pyridine rings is 1. The Hall–Kier alpha value is -2.74. The zero-order chi connectivity index (χ0) is 19.7. The Labute approximate surface area is 187 Å². The number of carbonyl (C=O) groups excluding carboxylic acids is 2. The van der Waals surface area contributed by atoms with Crippen LogP contribution in [-0.2, 0) is 16.1 Å². The highest BCUT2D eigenvalue weighted by atomic mass is 127. The van der Waals surface area contributed by atoms with Gasteiger partial charge in [0.15, 0.2) is 6.20 Å². The number of rotatable bonds is 3. The van der Waals surface area contributed by atoms with E-state index in [9.17, 15) is 9.59 Å². The van der Waals surface area contributed by atoms with Crippen molar-refractivity contribution in [1.82, 2.24) is 0 Å². The number of amides is 2. The lowest BCUT2D eigenvalue weighted by molar-refractivity contribution is -0.695.